The number of esters is 1. The van der Waals surface area contributed by atoms with E-state index in [9.17, 15) is 22.8 Å². The lowest BCUT2D eigenvalue weighted by molar-refractivity contribution is -0.138. The number of ketones is 1. The van der Waals surface area contributed by atoms with Crippen LogP contribution in [-0.4, -0.2) is 23.5 Å². The molecule has 0 spiro atoms. The number of carbonyl (C=O) groups excluding carboxylic acids is 2. The van der Waals surface area contributed by atoms with Crippen molar-refractivity contribution in [3.8, 4) is 0 Å². The molecular formula is C16H13F3N2O4. The first-order valence-electron chi connectivity index (χ1n) is 7.09. The number of aryl methyl sites for hydroxylation is 1. The van der Waals surface area contributed by atoms with Gasteiger partial charge in [-0.2, -0.15) is 0 Å². The monoisotopic (exact) mass is 354 g/mol. The maximum atomic E-state index is 13.8. The Morgan fingerprint density at radius 1 is 1.24 bits per heavy atom. The van der Waals surface area contributed by atoms with Crippen LogP contribution in [0.2, 0.25) is 0 Å². The van der Waals surface area contributed by atoms with Crippen LogP contribution in [0.1, 0.15) is 22.8 Å². The molecule has 0 fully saturated rings. The summed E-state index contributed by atoms with van der Waals surface area (Å²) < 4.78 is 49.6. The summed E-state index contributed by atoms with van der Waals surface area (Å²) in [7, 11) is 0. The quantitative estimate of drug-likeness (QED) is 0.214. The fraction of sp³-hybridized carbons (Fsp3) is 0.188. The number of anilines is 1. The van der Waals surface area contributed by atoms with Gasteiger partial charge in [0.25, 0.3) is 0 Å². The van der Waals surface area contributed by atoms with E-state index < -0.39 is 40.3 Å². The summed E-state index contributed by atoms with van der Waals surface area (Å²) in [6, 6.07) is 0.599. The topological polar surface area (TPSA) is 81.4 Å². The molecule has 0 radical (unpaired) electrons. The third-order valence-electron chi connectivity index (χ3n) is 3.09. The van der Waals surface area contributed by atoms with E-state index in [0.717, 1.165) is 6.20 Å². The fourth-order valence-corrected chi connectivity index (χ4v) is 1.83. The van der Waals surface area contributed by atoms with Crippen LogP contribution < -0.4 is 5.32 Å². The van der Waals surface area contributed by atoms with Crippen molar-refractivity contribution in [2.75, 3.05) is 11.9 Å². The Hall–Kier alpha value is -3.10. The molecule has 0 aliphatic rings. The van der Waals surface area contributed by atoms with Crippen molar-refractivity contribution in [1.29, 1.82) is 0 Å². The molecule has 2 aromatic rings. The van der Waals surface area contributed by atoms with Gasteiger partial charge in [0.05, 0.1) is 12.2 Å². The molecule has 1 heterocycles. The predicted octanol–water partition coefficient (Wildman–Crippen LogP) is 3.14. The average molecular weight is 354 g/mol. The van der Waals surface area contributed by atoms with Crippen LogP contribution in [0.5, 0.6) is 0 Å². The maximum absolute atomic E-state index is 13.8. The molecule has 0 bridgehead atoms. The van der Waals surface area contributed by atoms with Crippen molar-refractivity contribution in [1.82, 2.24) is 5.16 Å². The summed E-state index contributed by atoms with van der Waals surface area (Å²) in [4.78, 5) is 24.4. The Balaban J connectivity index is 2.41. The number of ether oxygens (including phenoxy) is 1. The highest BCUT2D eigenvalue weighted by Gasteiger charge is 2.25. The first-order chi connectivity index (χ1) is 11.8. The van der Waals surface area contributed by atoms with Gasteiger partial charge in [-0.05, 0) is 19.9 Å². The number of benzene rings is 1. The molecule has 0 unspecified atom stereocenters. The van der Waals surface area contributed by atoms with E-state index >= 15 is 0 Å². The molecule has 6 nitrogen and oxygen atoms in total. The molecule has 0 aliphatic carbocycles. The second kappa shape index (κ2) is 7.65. The Labute approximate surface area is 140 Å². The summed E-state index contributed by atoms with van der Waals surface area (Å²) in [5.74, 6) is -6.22. The van der Waals surface area contributed by atoms with E-state index in [4.69, 9.17) is 4.74 Å². The van der Waals surface area contributed by atoms with E-state index in [1.807, 2.05) is 0 Å². The van der Waals surface area contributed by atoms with Gasteiger partial charge < -0.3 is 14.6 Å². The lowest BCUT2D eigenvalue weighted by Gasteiger charge is -2.08. The van der Waals surface area contributed by atoms with Gasteiger partial charge in [-0.25, -0.2) is 18.0 Å². The second-order valence-corrected chi connectivity index (χ2v) is 4.84. The normalized spacial score (nSPS) is 11.3. The maximum Gasteiger partial charge on any atom is 0.343 e. The van der Waals surface area contributed by atoms with Crippen molar-refractivity contribution < 1.29 is 32.0 Å². The van der Waals surface area contributed by atoms with Crippen LogP contribution in [0.25, 0.3) is 0 Å². The smallest absolute Gasteiger partial charge is 0.343 e. The fourth-order valence-electron chi connectivity index (χ4n) is 1.83. The van der Waals surface area contributed by atoms with E-state index in [-0.39, 0.29) is 18.5 Å². The molecule has 2 rings (SSSR count). The lowest BCUT2D eigenvalue weighted by atomic mass is 10.0. The number of halogens is 3. The van der Waals surface area contributed by atoms with Crippen LogP contribution in [0.15, 0.2) is 34.7 Å². The summed E-state index contributed by atoms with van der Waals surface area (Å²) in [5.41, 5.74) is -0.850. The van der Waals surface area contributed by atoms with E-state index in [1.54, 1.807) is 6.92 Å². The Morgan fingerprint density at radius 3 is 2.52 bits per heavy atom. The van der Waals surface area contributed by atoms with E-state index in [2.05, 4.69) is 15.0 Å². The molecule has 0 saturated heterocycles. The van der Waals surface area contributed by atoms with Gasteiger partial charge >= 0.3 is 5.97 Å². The first-order valence-corrected chi connectivity index (χ1v) is 7.09. The summed E-state index contributed by atoms with van der Waals surface area (Å²) in [5, 5.41) is 6.14. The van der Waals surface area contributed by atoms with Crippen molar-refractivity contribution in [2.24, 2.45) is 0 Å². The standard InChI is InChI=1S/C16H13F3N2O4/c1-3-24-16(23)10(6-20-15-8(2)7-25-21-15)14(22)9-4-12(18)13(19)5-11(9)17/h4-7H,3H2,1-2H3,(H,20,21). The second-order valence-electron chi connectivity index (χ2n) is 4.84. The third kappa shape index (κ3) is 4.06. The lowest BCUT2D eigenvalue weighted by Crippen LogP contribution is -2.19. The Bertz CT molecular complexity index is 846. The van der Waals surface area contributed by atoms with Crippen molar-refractivity contribution in [2.45, 2.75) is 13.8 Å². The first kappa shape index (κ1) is 18.2. The number of hydrogen-bond acceptors (Lipinski definition) is 6. The zero-order chi connectivity index (χ0) is 18.6. The average Bonchev–Trinajstić information content (AvgIpc) is 2.96. The molecular weight excluding hydrogens is 341 g/mol. The highest BCUT2D eigenvalue weighted by atomic mass is 19.2. The SMILES string of the molecule is CCOC(=O)C(=CNc1nocc1C)C(=O)c1cc(F)c(F)cc1F. The number of nitrogens with one attached hydrogen (secondary N) is 1. The number of hydrogen-bond donors (Lipinski definition) is 1. The molecule has 1 aromatic heterocycles. The van der Waals surface area contributed by atoms with Gasteiger partial charge in [0, 0.05) is 17.8 Å². The third-order valence-corrected chi connectivity index (χ3v) is 3.09. The largest absolute Gasteiger partial charge is 0.462 e. The highest BCUT2D eigenvalue weighted by molar-refractivity contribution is 6.24. The highest BCUT2D eigenvalue weighted by Crippen LogP contribution is 2.19. The minimum absolute atomic E-state index is 0.0489. The predicted molar refractivity (Wildman–Crippen MR) is 80.2 cm³/mol. The van der Waals surface area contributed by atoms with Crippen molar-refractivity contribution in [3.05, 3.63) is 58.7 Å². The Morgan fingerprint density at radius 2 is 1.92 bits per heavy atom. The van der Waals surface area contributed by atoms with Gasteiger partial charge in [0.1, 0.15) is 17.7 Å². The number of Topliss-reactive ketones (excluding diaryl/α,β-unsaturated/α-hetero) is 1. The zero-order valence-electron chi connectivity index (χ0n) is 13.2. The molecule has 9 heteroatoms. The van der Waals surface area contributed by atoms with E-state index in [0.29, 0.717) is 11.6 Å². The van der Waals surface area contributed by atoms with Gasteiger partial charge in [0.2, 0.25) is 5.78 Å². The molecule has 0 atom stereocenters. The summed E-state index contributed by atoms with van der Waals surface area (Å²) in [6.45, 7) is 3.10. The summed E-state index contributed by atoms with van der Waals surface area (Å²) in [6.07, 6.45) is 2.25. The molecule has 0 saturated carbocycles. The van der Waals surface area contributed by atoms with Crippen molar-refractivity contribution in [3.63, 3.8) is 0 Å². The zero-order valence-corrected chi connectivity index (χ0v) is 13.2. The van der Waals surface area contributed by atoms with Gasteiger partial charge in [-0.3, -0.25) is 4.79 Å². The number of aromatic nitrogens is 1. The molecule has 0 amide bonds. The van der Waals surface area contributed by atoms with Gasteiger partial charge in [-0.1, -0.05) is 5.16 Å². The van der Waals surface area contributed by atoms with Crippen molar-refractivity contribution >= 4 is 17.6 Å². The van der Waals surface area contributed by atoms with Crippen LogP contribution in [0.3, 0.4) is 0 Å². The molecule has 1 aromatic carbocycles. The number of nitrogens with zero attached hydrogens (tertiary/aromatic N) is 1. The number of rotatable bonds is 6. The van der Waals surface area contributed by atoms with E-state index in [1.165, 1.54) is 13.2 Å². The molecule has 1 N–H and O–H groups in total. The molecule has 0 aliphatic heterocycles. The van der Waals surface area contributed by atoms with Crippen LogP contribution in [0.4, 0.5) is 19.0 Å². The molecule has 25 heavy (non-hydrogen) atoms. The Kier molecular flexibility index (Phi) is 5.58. The van der Waals surface area contributed by atoms with Crippen LogP contribution in [0, 0.1) is 24.4 Å². The van der Waals surface area contributed by atoms with Crippen LogP contribution in [-0.2, 0) is 9.53 Å². The molecule has 132 valence electrons. The van der Waals surface area contributed by atoms with Gasteiger partial charge in [0.15, 0.2) is 17.5 Å². The minimum Gasteiger partial charge on any atom is -0.462 e. The van der Waals surface area contributed by atoms with Gasteiger partial charge in [-0.15, -0.1) is 0 Å². The number of carbonyl (C=O) groups is 2. The minimum atomic E-state index is -1.45. The van der Waals surface area contributed by atoms with Crippen LogP contribution >= 0.6 is 0 Å². The summed E-state index contributed by atoms with van der Waals surface area (Å²) >= 11 is 0.